The van der Waals surface area contributed by atoms with Gasteiger partial charge in [-0.15, -0.1) is 0 Å². The van der Waals surface area contributed by atoms with Crippen molar-refractivity contribution in [1.82, 2.24) is 9.38 Å². The quantitative estimate of drug-likeness (QED) is 0.791. The molecule has 2 aromatic rings. The highest BCUT2D eigenvalue weighted by Gasteiger charge is 2.16. The molecule has 0 spiro atoms. The first kappa shape index (κ1) is 11.4. The van der Waals surface area contributed by atoms with Crippen molar-refractivity contribution < 1.29 is 19.4 Å². The molecule has 0 unspecified atom stereocenters. The van der Waals surface area contributed by atoms with Gasteiger partial charge >= 0.3 is 5.97 Å². The molecule has 90 valence electrons. The Kier molecular flexibility index (Phi) is 2.97. The van der Waals surface area contributed by atoms with Crippen molar-refractivity contribution in [3.63, 3.8) is 0 Å². The lowest BCUT2D eigenvalue weighted by atomic mass is 10.2. The molecule has 0 bridgehead atoms. The fraction of sp³-hybridized carbons (Fsp3) is 0.273. The third-order valence-corrected chi connectivity index (χ3v) is 2.51. The van der Waals surface area contributed by atoms with Crippen molar-refractivity contribution in [3.05, 3.63) is 29.7 Å². The molecule has 6 heteroatoms. The fourth-order valence-corrected chi connectivity index (χ4v) is 1.68. The Bertz CT molecular complexity index is 562. The third kappa shape index (κ3) is 1.72. The van der Waals surface area contributed by atoms with E-state index in [-0.39, 0.29) is 6.61 Å². The van der Waals surface area contributed by atoms with Crippen LogP contribution >= 0.6 is 0 Å². The van der Waals surface area contributed by atoms with Crippen LogP contribution in [-0.2, 0) is 11.3 Å². The minimum absolute atomic E-state index is 0.217. The predicted octanol–water partition coefficient (Wildman–Crippen LogP) is 0.622. The van der Waals surface area contributed by atoms with Gasteiger partial charge in [-0.05, 0) is 6.07 Å². The van der Waals surface area contributed by atoms with Crippen LogP contribution in [0.25, 0.3) is 5.65 Å². The predicted molar refractivity (Wildman–Crippen MR) is 59.0 cm³/mol. The van der Waals surface area contributed by atoms with E-state index in [1.165, 1.54) is 20.4 Å². The first-order valence-corrected chi connectivity index (χ1v) is 4.95. The first-order valence-electron chi connectivity index (χ1n) is 4.95. The van der Waals surface area contributed by atoms with Crippen LogP contribution in [0.1, 0.15) is 16.1 Å². The van der Waals surface area contributed by atoms with Crippen molar-refractivity contribution in [1.29, 1.82) is 0 Å². The van der Waals surface area contributed by atoms with Gasteiger partial charge in [-0.2, -0.15) is 0 Å². The molecule has 1 N–H and O–H groups in total. The van der Waals surface area contributed by atoms with Crippen molar-refractivity contribution >= 4 is 11.6 Å². The molecule has 0 aliphatic heterocycles. The molecule has 17 heavy (non-hydrogen) atoms. The minimum Gasteiger partial charge on any atom is -0.496 e. The monoisotopic (exact) mass is 236 g/mol. The van der Waals surface area contributed by atoms with E-state index >= 15 is 0 Å². The zero-order valence-electron chi connectivity index (χ0n) is 9.51. The Labute approximate surface area is 97.4 Å². The summed E-state index contributed by atoms with van der Waals surface area (Å²) in [7, 11) is 2.81. The molecule has 2 aromatic heterocycles. The molecule has 2 heterocycles. The molecule has 0 aliphatic rings. The highest BCUT2D eigenvalue weighted by atomic mass is 16.5. The Morgan fingerprint density at radius 2 is 2.29 bits per heavy atom. The van der Waals surface area contributed by atoms with Gasteiger partial charge in [-0.3, -0.25) is 4.40 Å². The number of fused-ring (bicyclic) bond motifs is 1. The Morgan fingerprint density at radius 3 is 2.88 bits per heavy atom. The van der Waals surface area contributed by atoms with E-state index in [0.29, 0.717) is 22.7 Å². The summed E-state index contributed by atoms with van der Waals surface area (Å²) in [5.41, 5.74) is 1.32. The van der Waals surface area contributed by atoms with E-state index in [2.05, 4.69) is 9.72 Å². The van der Waals surface area contributed by atoms with E-state index in [4.69, 9.17) is 4.74 Å². The number of imidazole rings is 1. The van der Waals surface area contributed by atoms with Gasteiger partial charge in [0.15, 0.2) is 5.69 Å². The number of esters is 1. The lowest BCUT2D eigenvalue weighted by Crippen LogP contribution is -2.06. The highest BCUT2D eigenvalue weighted by Crippen LogP contribution is 2.23. The van der Waals surface area contributed by atoms with E-state index < -0.39 is 5.97 Å². The number of ether oxygens (including phenoxy) is 2. The standard InChI is InChI=1S/C11H12N2O4/c1-16-9-3-4-13-8(11(15)17-2)5-12-10(13)7(9)6-14/h3-5,14H,6H2,1-2H3. The van der Waals surface area contributed by atoms with E-state index in [0.717, 1.165) is 0 Å². The lowest BCUT2D eigenvalue weighted by molar-refractivity contribution is 0.0593. The van der Waals surface area contributed by atoms with Crippen LogP contribution in [0.5, 0.6) is 5.75 Å². The summed E-state index contributed by atoms with van der Waals surface area (Å²) in [6.45, 7) is -0.217. The molecule has 0 amide bonds. The van der Waals surface area contributed by atoms with E-state index in [1.54, 1.807) is 16.7 Å². The number of carbonyl (C=O) groups excluding carboxylic acids is 1. The number of rotatable bonds is 3. The smallest absolute Gasteiger partial charge is 0.356 e. The van der Waals surface area contributed by atoms with Crippen LogP contribution in [-0.4, -0.2) is 34.7 Å². The summed E-state index contributed by atoms with van der Waals surface area (Å²) in [4.78, 5) is 15.6. The summed E-state index contributed by atoms with van der Waals surface area (Å²) >= 11 is 0. The van der Waals surface area contributed by atoms with Gasteiger partial charge in [0.2, 0.25) is 0 Å². The Balaban J connectivity index is 2.68. The molecule has 0 saturated heterocycles. The zero-order chi connectivity index (χ0) is 12.4. The van der Waals surface area contributed by atoms with Gasteiger partial charge < -0.3 is 14.6 Å². The average Bonchev–Trinajstić information content (AvgIpc) is 2.80. The second kappa shape index (κ2) is 4.42. The molecule has 0 aromatic carbocycles. The summed E-state index contributed by atoms with van der Waals surface area (Å²) < 4.78 is 11.3. The first-order chi connectivity index (χ1) is 8.22. The Hall–Kier alpha value is -2.08. The second-order valence-electron chi connectivity index (χ2n) is 3.35. The van der Waals surface area contributed by atoms with E-state index in [1.807, 2.05) is 0 Å². The van der Waals surface area contributed by atoms with Crippen molar-refractivity contribution in [3.8, 4) is 5.75 Å². The molecule has 0 atom stereocenters. The number of nitrogens with zero attached hydrogens (tertiary/aromatic N) is 2. The maximum absolute atomic E-state index is 11.5. The van der Waals surface area contributed by atoms with Gasteiger partial charge in [0, 0.05) is 6.20 Å². The minimum atomic E-state index is -0.480. The number of carbonyl (C=O) groups is 1. The number of aliphatic hydroxyl groups is 1. The van der Waals surface area contributed by atoms with Crippen molar-refractivity contribution in [2.24, 2.45) is 0 Å². The van der Waals surface area contributed by atoms with Gasteiger partial charge in [-0.25, -0.2) is 9.78 Å². The lowest BCUT2D eigenvalue weighted by Gasteiger charge is -2.08. The molecular weight excluding hydrogens is 224 g/mol. The Morgan fingerprint density at radius 1 is 1.53 bits per heavy atom. The SMILES string of the molecule is COC(=O)c1cnc2c(CO)c(OC)ccn12. The number of hydrogen-bond acceptors (Lipinski definition) is 5. The topological polar surface area (TPSA) is 73.1 Å². The molecule has 0 fully saturated rings. The maximum atomic E-state index is 11.5. The molecule has 0 saturated carbocycles. The normalized spacial score (nSPS) is 10.5. The summed E-state index contributed by atoms with van der Waals surface area (Å²) in [6.07, 6.45) is 3.05. The van der Waals surface area contributed by atoms with Gasteiger partial charge in [0.05, 0.1) is 32.6 Å². The summed E-state index contributed by atoms with van der Waals surface area (Å²) in [5, 5.41) is 9.30. The third-order valence-electron chi connectivity index (χ3n) is 2.51. The van der Waals surface area contributed by atoms with Crippen molar-refractivity contribution in [2.75, 3.05) is 14.2 Å². The molecule has 2 rings (SSSR count). The zero-order valence-corrected chi connectivity index (χ0v) is 9.51. The molecule has 0 radical (unpaired) electrons. The van der Waals surface area contributed by atoms with Crippen molar-refractivity contribution in [2.45, 2.75) is 6.61 Å². The van der Waals surface area contributed by atoms with Crippen LogP contribution in [0, 0.1) is 0 Å². The van der Waals surface area contributed by atoms with Crippen LogP contribution in [0.2, 0.25) is 0 Å². The van der Waals surface area contributed by atoms with Gasteiger partial charge in [0.1, 0.15) is 11.4 Å². The highest BCUT2D eigenvalue weighted by molar-refractivity contribution is 5.88. The van der Waals surface area contributed by atoms with Gasteiger partial charge in [-0.1, -0.05) is 0 Å². The molecule has 6 nitrogen and oxygen atoms in total. The van der Waals surface area contributed by atoms with Crippen LogP contribution in [0.4, 0.5) is 0 Å². The van der Waals surface area contributed by atoms with Crippen LogP contribution < -0.4 is 4.74 Å². The number of aliphatic hydroxyl groups excluding tert-OH is 1. The summed E-state index contributed by atoms with van der Waals surface area (Å²) in [6, 6.07) is 1.66. The molecular formula is C11H12N2O4. The molecule has 0 aliphatic carbocycles. The number of aromatic nitrogens is 2. The fourth-order valence-electron chi connectivity index (χ4n) is 1.68. The number of pyridine rings is 1. The largest absolute Gasteiger partial charge is 0.496 e. The van der Waals surface area contributed by atoms with Gasteiger partial charge in [0.25, 0.3) is 0 Å². The van der Waals surface area contributed by atoms with Crippen LogP contribution in [0.3, 0.4) is 0 Å². The van der Waals surface area contributed by atoms with Crippen LogP contribution in [0.15, 0.2) is 18.5 Å². The average molecular weight is 236 g/mol. The summed E-state index contributed by atoms with van der Waals surface area (Å²) in [5.74, 6) is 0.0496. The van der Waals surface area contributed by atoms with E-state index in [9.17, 15) is 9.90 Å². The number of hydrogen-bond donors (Lipinski definition) is 1. The second-order valence-corrected chi connectivity index (χ2v) is 3.35. The maximum Gasteiger partial charge on any atom is 0.356 e. The number of methoxy groups -OCH3 is 2.